The Morgan fingerprint density at radius 2 is 1.70 bits per heavy atom. The van der Waals surface area contributed by atoms with Crippen molar-refractivity contribution < 1.29 is 23.0 Å². The van der Waals surface area contributed by atoms with Gasteiger partial charge in [0.05, 0.1) is 0 Å². The molecule has 0 radical (unpaired) electrons. The highest BCUT2D eigenvalue weighted by molar-refractivity contribution is 5.94. The maximum Gasteiger partial charge on any atom is 0.251 e. The second-order valence-electron chi connectivity index (χ2n) is 7.16. The fraction of sp³-hybridized carbons (Fsp3) is 0.381. The molecule has 1 saturated carbocycles. The number of amides is 1. The van der Waals surface area contributed by atoms with Crippen LogP contribution in [0.15, 0.2) is 36.4 Å². The first-order chi connectivity index (χ1) is 13.1. The van der Waals surface area contributed by atoms with Crippen molar-refractivity contribution in [3.63, 3.8) is 0 Å². The monoisotopic (exact) mass is 373 g/mol. The van der Waals surface area contributed by atoms with Gasteiger partial charge in [0.1, 0.15) is 13.2 Å². The average Bonchev–Trinajstić information content (AvgIpc) is 3.18. The van der Waals surface area contributed by atoms with Gasteiger partial charge in [-0.05, 0) is 48.7 Å². The van der Waals surface area contributed by atoms with Crippen LogP contribution in [0.4, 0.5) is 8.78 Å². The zero-order chi connectivity index (χ0) is 18.9. The van der Waals surface area contributed by atoms with E-state index in [1.165, 1.54) is 6.07 Å². The van der Waals surface area contributed by atoms with Crippen molar-refractivity contribution in [2.24, 2.45) is 0 Å². The molecule has 2 aliphatic rings. The summed E-state index contributed by atoms with van der Waals surface area (Å²) in [7, 11) is 0. The number of hydrogen-bond acceptors (Lipinski definition) is 3. The summed E-state index contributed by atoms with van der Waals surface area (Å²) in [5.41, 5.74) is 1.03. The molecule has 142 valence electrons. The van der Waals surface area contributed by atoms with Crippen molar-refractivity contribution in [2.75, 3.05) is 19.8 Å². The van der Waals surface area contributed by atoms with Crippen LogP contribution < -0.4 is 14.8 Å². The third-order valence-corrected chi connectivity index (χ3v) is 5.48. The number of nitrogens with one attached hydrogen (secondary N) is 1. The number of rotatable bonds is 4. The molecule has 6 heteroatoms. The van der Waals surface area contributed by atoms with Gasteiger partial charge in [-0.1, -0.05) is 18.9 Å². The van der Waals surface area contributed by atoms with Crippen molar-refractivity contribution in [1.29, 1.82) is 0 Å². The molecule has 2 aromatic carbocycles. The number of fused-ring (bicyclic) bond motifs is 1. The zero-order valence-corrected chi connectivity index (χ0v) is 14.9. The van der Waals surface area contributed by atoms with E-state index in [2.05, 4.69) is 5.32 Å². The second-order valence-corrected chi connectivity index (χ2v) is 7.16. The quantitative estimate of drug-likeness (QED) is 0.882. The second kappa shape index (κ2) is 7.18. The first-order valence-electron chi connectivity index (χ1n) is 9.21. The Hall–Kier alpha value is -2.63. The van der Waals surface area contributed by atoms with Crippen molar-refractivity contribution in [3.8, 4) is 11.5 Å². The summed E-state index contributed by atoms with van der Waals surface area (Å²) in [5, 5.41) is 2.91. The first kappa shape index (κ1) is 17.8. The van der Waals surface area contributed by atoms with Gasteiger partial charge in [-0.2, -0.15) is 0 Å². The maximum atomic E-state index is 13.4. The summed E-state index contributed by atoms with van der Waals surface area (Å²) in [6.45, 7) is 1.50. The molecule has 1 fully saturated rings. The smallest absolute Gasteiger partial charge is 0.251 e. The molecule has 4 nitrogen and oxygen atoms in total. The van der Waals surface area contributed by atoms with Crippen LogP contribution in [0.2, 0.25) is 0 Å². The number of carbonyl (C=O) groups excluding carboxylic acids is 1. The minimum atomic E-state index is -1.02. The Morgan fingerprint density at radius 3 is 2.44 bits per heavy atom. The lowest BCUT2D eigenvalue weighted by atomic mass is 9.78. The molecular weight excluding hydrogens is 352 g/mol. The summed E-state index contributed by atoms with van der Waals surface area (Å²) < 4.78 is 37.8. The molecule has 1 amide bonds. The van der Waals surface area contributed by atoms with Gasteiger partial charge in [0.25, 0.3) is 5.91 Å². The van der Waals surface area contributed by atoms with E-state index in [1.807, 2.05) is 18.2 Å². The molecule has 0 aromatic heterocycles. The molecule has 0 spiro atoms. The number of halogens is 2. The summed E-state index contributed by atoms with van der Waals surface area (Å²) in [5.74, 6) is -0.918. The van der Waals surface area contributed by atoms with Crippen molar-refractivity contribution >= 4 is 5.91 Å². The van der Waals surface area contributed by atoms with E-state index in [0.717, 1.165) is 54.9 Å². The fourth-order valence-electron chi connectivity index (χ4n) is 3.98. The molecule has 2 aromatic rings. The predicted molar refractivity (Wildman–Crippen MR) is 96.3 cm³/mol. The van der Waals surface area contributed by atoms with Crippen LogP contribution in [0.25, 0.3) is 0 Å². The van der Waals surface area contributed by atoms with E-state index < -0.39 is 17.5 Å². The van der Waals surface area contributed by atoms with Crippen LogP contribution in [0, 0.1) is 11.6 Å². The highest BCUT2D eigenvalue weighted by atomic mass is 19.2. The Bertz CT molecular complexity index is 863. The third kappa shape index (κ3) is 3.48. The molecular formula is C21H21F2NO3. The minimum Gasteiger partial charge on any atom is -0.486 e. The normalized spacial score (nSPS) is 17.6. The van der Waals surface area contributed by atoms with Gasteiger partial charge in [0.15, 0.2) is 23.1 Å². The summed E-state index contributed by atoms with van der Waals surface area (Å²) in [4.78, 5) is 12.4. The standard InChI is InChI=1S/C21H21F2NO3/c22-16-5-3-14(11-17(16)23)20(25)24-13-21(7-1-2-8-21)15-4-6-18-19(12-15)27-10-9-26-18/h3-6,11-12H,1-2,7-10,13H2,(H,24,25). The summed E-state index contributed by atoms with van der Waals surface area (Å²) in [6, 6.07) is 9.14. The van der Waals surface area contributed by atoms with Crippen molar-refractivity contribution in [1.82, 2.24) is 5.32 Å². The third-order valence-electron chi connectivity index (χ3n) is 5.48. The first-order valence-corrected chi connectivity index (χ1v) is 9.21. The van der Waals surface area contributed by atoms with Crippen LogP contribution in [-0.4, -0.2) is 25.7 Å². The topological polar surface area (TPSA) is 47.6 Å². The molecule has 1 aliphatic heterocycles. The van der Waals surface area contributed by atoms with E-state index in [9.17, 15) is 13.6 Å². The highest BCUT2D eigenvalue weighted by Gasteiger charge is 2.37. The van der Waals surface area contributed by atoms with Gasteiger partial charge in [0, 0.05) is 17.5 Å². The molecule has 0 saturated heterocycles. The Morgan fingerprint density at radius 1 is 0.963 bits per heavy atom. The Kier molecular flexibility index (Phi) is 4.72. The van der Waals surface area contributed by atoms with E-state index >= 15 is 0 Å². The molecule has 0 bridgehead atoms. The Labute approximate surface area is 156 Å². The van der Waals surface area contributed by atoms with Crippen LogP contribution in [0.5, 0.6) is 11.5 Å². The van der Waals surface area contributed by atoms with Crippen LogP contribution in [0.1, 0.15) is 41.6 Å². The van der Waals surface area contributed by atoms with Crippen LogP contribution in [-0.2, 0) is 5.41 Å². The maximum absolute atomic E-state index is 13.4. The molecule has 1 N–H and O–H groups in total. The minimum absolute atomic E-state index is 0.115. The highest BCUT2D eigenvalue weighted by Crippen LogP contribution is 2.43. The van der Waals surface area contributed by atoms with Gasteiger partial charge >= 0.3 is 0 Å². The number of ether oxygens (including phenoxy) is 2. The van der Waals surface area contributed by atoms with Crippen molar-refractivity contribution in [2.45, 2.75) is 31.1 Å². The van der Waals surface area contributed by atoms with Crippen LogP contribution >= 0.6 is 0 Å². The molecule has 0 atom stereocenters. The van der Waals surface area contributed by atoms with Gasteiger partial charge in [0.2, 0.25) is 0 Å². The average molecular weight is 373 g/mol. The SMILES string of the molecule is O=C(NCC1(c2ccc3c(c2)OCCO3)CCCC1)c1ccc(F)c(F)c1. The van der Waals surface area contributed by atoms with Crippen molar-refractivity contribution in [3.05, 3.63) is 59.2 Å². The van der Waals surface area contributed by atoms with E-state index in [1.54, 1.807) is 0 Å². The lowest BCUT2D eigenvalue weighted by Gasteiger charge is -2.31. The van der Waals surface area contributed by atoms with Gasteiger partial charge < -0.3 is 14.8 Å². The Balaban J connectivity index is 1.54. The molecule has 1 aliphatic carbocycles. The number of benzene rings is 2. The van der Waals surface area contributed by atoms with Gasteiger partial charge in [-0.3, -0.25) is 4.79 Å². The van der Waals surface area contributed by atoms with E-state index in [-0.39, 0.29) is 11.0 Å². The largest absolute Gasteiger partial charge is 0.486 e. The lowest BCUT2D eigenvalue weighted by molar-refractivity contribution is 0.0942. The molecule has 1 heterocycles. The lowest BCUT2D eigenvalue weighted by Crippen LogP contribution is -2.39. The summed E-state index contributed by atoms with van der Waals surface area (Å²) >= 11 is 0. The van der Waals surface area contributed by atoms with E-state index in [0.29, 0.717) is 19.8 Å². The molecule has 0 unspecified atom stereocenters. The molecule has 27 heavy (non-hydrogen) atoms. The number of carbonyl (C=O) groups is 1. The van der Waals surface area contributed by atoms with Gasteiger partial charge in [-0.25, -0.2) is 8.78 Å². The molecule has 4 rings (SSSR count). The van der Waals surface area contributed by atoms with Gasteiger partial charge in [-0.15, -0.1) is 0 Å². The summed E-state index contributed by atoms with van der Waals surface area (Å²) in [6.07, 6.45) is 4.06. The van der Waals surface area contributed by atoms with E-state index in [4.69, 9.17) is 9.47 Å². The number of hydrogen-bond donors (Lipinski definition) is 1. The zero-order valence-electron chi connectivity index (χ0n) is 14.9. The fourth-order valence-corrected chi connectivity index (χ4v) is 3.98. The predicted octanol–water partition coefficient (Wildman–Crippen LogP) is 3.98. The van der Waals surface area contributed by atoms with Crippen LogP contribution in [0.3, 0.4) is 0 Å².